The number of ether oxygens (including phenoxy) is 1. The average molecular weight is 340 g/mol. The SMILES string of the molecule is CC(=CCc1c(O)cc(O)c2c1OC(c1ccccc1)CC2=O)CO. The standard InChI is InChI=1S/C20H20O5/c1-12(11-21)7-8-14-15(22)9-16(23)19-17(24)10-18(25-20(14)19)13-5-3-2-4-6-13/h2-7,9,18,21-23H,8,10-11H2,1H3. The lowest BCUT2D eigenvalue weighted by atomic mass is 9.92. The van der Waals surface area contributed by atoms with Crippen LogP contribution in [-0.2, 0) is 6.42 Å². The van der Waals surface area contributed by atoms with Crippen LogP contribution in [0.1, 0.15) is 40.9 Å². The number of hydrogen-bond donors (Lipinski definition) is 3. The van der Waals surface area contributed by atoms with Gasteiger partial charge in [0, 0.05) is 11.6 Å². The van der Waals surface area contributed by atoms with E-state index >= 15 is 0 Å². The Morgan fingerprint density at radius 1 is 1.24 bits per heavy atom. The fourth-order valence-corrected chi connectivity index (χ4v) is 2.92. The molecule has 0 radical (unpaired) electrons. The molecule has 2 aromatic rings. The topological polar surface area (TPSA) is 87.0 Å². The molecule has 0 saturated heterocycles. The second-order valence-corrected chi connectivity index (χ2v) is 6.15. The summed E-state index contributed by atoms with van der Waals surface area (Å²) in [6, 6.07) is 10.5. The Bertz CT molecular complexity index is 824. The first-order valence-corrected chi connectivity index (χ1v) is 8.10. The first-order valence-electron chi connectivity index (χ1n) is 8.10. The molecule has 3 rings (SSSR count). The summed E-state index contributed by atoms with van der Waals surface area (Å²) in [5.74, 6) is -0.434. The van der Waals surface area contributed by atoms with Crippen LogP contribution in [0, 0.1) is 0 Å². The van der Waals surface area contributed by atoms with E-state index in [0.29, 0.717) is 5.56 Å². The molecule has 1 unspecified atom stereocenters. The molecule has 25 heavy (non-hydrogen) atoms. The van der Waals surface area contributed by atoms with Crippen LogP contribution >= 0.6 is 0 Å². The van der Waals surface area contributed by atoms with Crippen molar-refractivity contribution < 1.29 is 24.9 Å². The van der Waals surface area contributed by atoms with E-state index in [4.69, 9.17) is 9.84 Å². The highest BCUT2D eigenvalue weighted by molar-refractivity contribution is 6.03. The van der Waals surface area contributed by atoms with Crippen LogP contribution in [0.15, 0.2) is 48.0 Å². The third-order valence-electron chi connectivity index (χ3n) is 4.33. The van der Waals surface area contributed by atoms with Crippen LogP contribution in [-0.4, -0.2) is 27.7 Å². The fraction of sp³-hybridized carbons (Fsp3) is 0.250. The average Bonchev–Trinajstić information content (AvgIpc) is 2.61. The van der Waals surface area contributed by atoms with E-state index < -0.39 is 6.10 Å². The van der Waals surface area contributed by atoms with Gasteiger partial charge in [-0.2, -0.15) is 0 Å². The zero-order valence-electron chi connectivity index (χ0n) is 13.9. The Morgan fingerprint density at radius 2 is 1.96 bits per heavy atom. The third-order valence-corrected chi connectivity index (χ3v) is 4.33. The molecule has 1 heterocycles. The number of phenols is 2. The van der Waals surface area contributed by atoms with E-state index in [9.17, 15) is 15.0 Å². The van der Waals surface area contributed by atoms with Gasteiger partial charge < -0.3 is 20.1 Å². The predicted molar refractivity (Wildman–Crippen MR) is 93.1 cm³/mol. The highest BCUT2D eigenvalue weighted by Crippen LogP contribution is 2.45. The second-order valence-electron chi connectivity index (χ2n) is 6.15. The fourth-order valence-electron chi connectivity index (χ4n) is 2.92. The predicted octanol–water partition coefficient (Wildman–Crippen LogP) is 3.29. The molecule has 2 aromatic carbocycles. The van der Waals surface area contributed by atoms with Gasteiger partial charge in [-0.05, 0) is 18.9 Å². The van der Waals surface area contributed by atoms with Crippen molar-refractivity contribution >= 4 is 5.78 Å². The smallest absolute Gasteiger partial charge is 0.174 e. The van der Waals surface area contributed by atoms with E-state index in [1.165, 1.54) is 6.07 Å². The number of benzene rings is 2. The number of fused-ring (bicyclic) bond motifs is 1. The molecule has 5 heteroatoms. The molecule has 5 nitrogen and oxygen atoms in total. The first-order chi connectivity index (χ1) is 12.0. The van der Waals surface area contributed by atoms with E-state index in [2.05, 4.69) is 0 Å². The van der Waals surface area contributed by atoms with Gasteiger partial charge in [-0.1, -0.05) is 42.0 Å². The van der Waals surface area contributed by atoms with Crippen molar-refractivity contribution in [2.75, 3.05) is 6.61 Å². The number of ketones is 1. The summed E-state index contributed by atoms with van der Waals surface area (Å²) >= 11 is 0. The van der Waals surface area contributed by atoms with E-state index in [-0.39, 0.29) is 48.0 Å². The van der Waals surface area contributed by atoms with Gasteiger partial charge in [0.2, 0.25) is 0 Å². The summed E-state index contributed by atoms with van der Waals surface area (Å²) in [5, 5.41) is 29.5. The summed E-state index contributed by atoms with van der Waals surface area (Å²) in [7, 11) is 0. The molecule has 1 atom stereocenters. The molecular weight excluding hydrogens is 320 g/mol. The van der Waals surface area contributed by atoms with Gasteiger partial charge in [-0.25, -0.2) is 0 Å². The lowest BCUT2D eigenvalue weighted by Gasteiger charge is -2.28. The first kappa shape index (κ1) is 17.0. The molecule has 0 bridgehead atoms. The molecule has 0 saturated carbocycles. The van der Waals surface area contributed by atoms with E-state index in [0.717, 1.165) is 11.1 Å². The maximum Gasteiger partial charge on any atom is 0.174 e. The molecule has 0 aromatic heterocycles. The number of hydrogen-bond acceptors (Lipinski definition) is 5. The normalized spacial score (nSPS) is 17.1. The highest BCUT2D eigenvalue weighted by Gasteiger charge is 2.33. The van der Waals surface area contributed by atoms with Crippen molar-refractivity contribution in [3.8, 4) is 17.2 Å². The highest BCUT2D eigenvalue weighted by atomic mass is 16.5. The summed E-state index contributed by atoms with van der Waals surface area (Å²) in [4.78, 5) is 12.6. The van der Waals surface area contributed by atoms with Crippen LogP contribution in [0.4, 0.5) is 0 Å². The van der Waals surface area contributed by atoms with E-state index in [1.807, 2.05) is 30.3 Å². The quantitative estimate of drug-likeness (QED) is 0.744. The molecule has 3 N–H and O–H groups in total. The van der Waals surface area contributed by atoms with Gasteiger partial charge in [-0.3, -0.25) is 4.79 Å². The third kappa shape index (κ3) is 3.37. The lowest BCUT2D eigenvalue weighted by Crippen LogP contribution is -2.21. The molecule has 0 fully saturated rings. The molecule has 0 aliphatic carbocycles. The summed E-state index contributed by atoms with van der Waals surface area (Å²) < 4.78 is 6.01. The Labute approximate surface area is 145 Å². The van der Waals surface area contributed by atoms with Crippen molar-refractivity contribution in [2.24, 2.45) is 0 Å². The largest absolute Gasteiger partial charge is 0.507 e. The van der Waals surface area contributed by atoms with Gasteiger partial charge in [0.1, 0.15) is 28.9 Å². The van der Waals surface area contributed by atoms with Crippen molar-refractivity contribution in [3.63, 3.8) is 0 Å². The zero-order chi connectivity index (χ0) is 18.0. The minimum absolute atomic E-state index is 0.0898. The number of allylic oxidation sites excluding steroid dienone is 1. The molecule has 0 amide bonds. The number of Topliss-reactive ketones (excluding diaryl/α,β-unsaturated/α-hetero) is 1. The Kier molecular flexibility index (Phi) is 4.76. The second kappa shape index (κ2) is 6.99. The number of aliphatic hydroxyl groups excluding tert-OH is 1. The van der Waals surface area contributed by atoms with Crippen LogP contribution < -0.4 is 4.74 Å². The minimum atomic E-state index is -0.468. The monoisotopic (exact) mass is 340 g/mol. The number of phenolic OH excluding ortho intramolecular Hbond substituents is 2. The summed E-state index contributed by atoms with van der Waals surface area (Å²) in [6.07, 6.45) is 1.70. The number of aromatic hydroxyl groups is 2. The summed E-state index contributed by atoms with van der Waals surface area (Å²) in [5.41, 5.74) is 2.13. The van der Waals surface area contributed by atoms with Gasteiger partial charge in [0.15, 0.2) is 5.78 Å². The van der Waals surface area contributed by atoms with Crippen LogP contribution in [0.2, 0.25) is 0 Å². The van der Waals surface area contributed by atoms with Gasteiger partial charge in [0.05, 0.1) is 13.0 Å². The Hall–Kier alpha value is -2.79. The maximum atomic E-state index is 12.6. The van der Waals surface area contributed by atoms with Crippen molar-refractivity contribution in [1.82, 2.24) is 0 Å². The molecule has 1 aliphatic rings. The molecule has 0 spiro atoms. The Morgan fingerprint density at radius 3 is 2.64 bits per heavy atom. The van der Waals surface area contributed by atoms with Crippen LogP contribution in [0.25, 0.3) is 0 Å². The van der Waals surface area contributed by atoms with Gasteiger partial charge in [0.25, 0.3) is 0 Å². The van der Waals surface area contributed by atoms with Gasteiger partial charge in [-0.15, -0.1) is 0 Å². The maximum absolute atomic E-state index is 12.6. The summed E-state index contributed by atoms with van der Waals surface area (Å²) in [6.45, 7) is 1.68. The van der Waals surface area contributed by atoms with Crippen molar-refractivity contribution in [1.29, 1.82) is 0 Å². The van der Waals surface area contributed by atoms with Gasteiger partial charge >= 0.3 is 0 Å². The van der Waals surface area contributed by atoms with Crippen molar-refractivity contribution in [3.05, 3.63) is 64.7 Å². The molecule has 130 valence electrons. The Balaban J connectivity index is 2.06. The molecule has 1 aliphatic heterocycles. The number of carbonyl (C=O) groups excluding carboxylic acids is 1. The van der Waals surface area contributed by atoms with E-state index in [1.54, 1.807) is 13.0 Å². The molecular formula is C20H20O5. The number of aliphatic hydroxyl groups is 1. The van der Waals surface area contributed by atoms with Crippen molar-refractivity contribution in [2.45, 2.75) is 25.9 Å². The van der Waals surface area contributed by atoms with Crippen LogP contribution in [0.5, 0.6) is 17.2 Å². The minimum Gasteiger partial charge on any atom is -0.507 e. The number of rotatable bonds is 4. The van der Waals surface area contributed by atoms with Crippen LogP contribution in [0.3, 0.4) is 0 Å². The lowest BCUT2D eigenvalue weighted by molar-refractivity contribution is 0.0842. The zero-order valence-corrected chi connectivity index (χ0v) is 13.9. The number of carbonyl (C=O) groups is 1.